The van der Waals surface area contributed by atoms with Gasteiger partial charge in [0.15, 0.2) is 0 Å². The minimum absolute atomic E-state index is 0.0746. The van der Waals surface area contributed by atoms with Crippen LogP contribution in [0.3, 0.4) is 0 Å². The number of hydrogen-bond acceptors (Lipinski definition) is 4. The van der Waals surface area contributed by atoms with Gasteiger partial charge in [0.25, 0.3) is 13.4 Å². The van der Waals surface area contributed by atoms with Crippen LogP contribution < -0.4 is 31.4 Å². The molecule has 0 spiro atoms. The third kappa shape index (κ3) is 5.93. The molecule has 3 heterocycles. The average Bonchev–Trinajstić information content (AvgIpc) is 3.61. The molecule has 4 aromatic carbocycles. The fourth-order valence-corrected chi connectivity index (χ4v) is 15.9. The van der Waals surface area contributed by atoms with E-state index in [4.69, 9.17) is 0 Å². The number of aryl methyl sites for hydroxylation is 12. The maximum atomic E-state index is 15.1. The number of benzene rings is 4. The van der Waals surface area contributed by atoms with Crippen molar-refractivity contribution in [2.24, 2.45) is 0 Å². The highest BCUT2D eigenvalue weighted by Crippen LogP contribution is 2.51. The Labute approximate surface area is 326 Å². The van der Waals surface area contributed by atoms with E-state index >= 15 is 8.42 Å². The Bertz CT molecular complexity index is 2260. The van der Waals surface area contributed by atoms with Crippen molar-refractivity contribution in [3.63, 3.8) is 0 Å². The van der Waals surface area contributed by atoms with Crippen molar-refractivity contribution in [2.45, 2.75) is 107 Å². The molecular formula is C46H50B2O2S3. The Morgan fingerprint density at radius 3 is 0.792 bits per heavy atom. The lowest BCUT2D eigenvalue weighted by molar-refractivity contribution is 0.598. The molecular weight excluding hydrogens is 702 g/mol. The van der Waals surface area contributed by atoms with Crippen molar-refractivity contribution >= 4 is 77.3 Å². The summed E-state index contributed by atoms with van der Waals surface area (Å²) in [4.78, 5) is 2.86. The molecule has 1 aliphatic heterocycles. The lowest BCUT2D eigenvalue weighted by atomic mass is 9.36. The molecule has 0 unspecified atom stereocenters. The molecule has 2 nitrogen and oxygen atoms in total. The maximum Gasteiger partial charge on any atom is 0.255 e. The topological polar surface area (TPSA) is 34.1 Å². The van der Waals surface area contributed by atoms with Crippen LogP contribution in [0.15, 0.2) is 58.3 Å². The van der Waals surface area contributed by atoms with E-state index in [0.29, 0.717) is 9.79 Å². The van der Waals surface area contributed by atoms with Gasteiger partial charge in [-0.15, -0.1) is 22.7 Å². The smallest absolute Gasteiger partial charge is 0.218 e. The quantitative estimate of drug-likeness (QED) is 0.162. The van der Waals surface area contributed by atoms with Crippen LogP contribution in [0.4, 0.5) is 0 Å². The van der Waals surface area contributed by atoms with Crippen molar-refractivity contribution in [2.75, 3.05) is 0 Å². The first-order valence-corrected chi connectivity index (χ1v) is 21.8. The third-order valence-electron chi connectivity index (χ3n) is 11.6. The summed E-state index contributed by atoms with van der Waals surface area (Å²) >= 11 is 3.42. The second kappa shape index (κ2) is 13.3. The maximum absolute atomic E-state index is 15.1. The molecule has 0 aliphatic carbocycles. The molecule has 270 valence electrons. The number of fused-ring (bicyclic) bond motifs is 3. The van der Waals surface area contributed by atoms with Gasteiger partial charge in [0.2, 0.25) is 9.84 Å². The minimum Gasteiger partial charge on any atom is -0.218 e. The van der Waals surface area contributed by atoms with E-state index in [0.717, 1.165) is 30.4 Å². The van der Waals surface area contributed by atoms with Crippen LogP contribution in [0.2, 0.25) is 0 Å². The molecule has 0 N–H and O–H groups in total. The molecule has 0 fully saturated rings. The van der Waals surface area contributed by atoms with E-state index < -0.39 is 9.84 Å². The first kappa shape index (κ1) is 37.7. The summed E-state index contributed by atoms with van der Waals surface area (Å²) in [5, 5.41) is 0. The van der Waals surface area contributed by atoms with Crippen LogP contribution in [0.5, 0.6) is 0 Å². The molecule has 0 saturated carbocycles. The highest BCUT2D eigenvalue weighted by atomic mass is 32.2. The zero-order chi connectivity index (χ0) is 38.6. The summed E-state index contributed by atoms with van der Waals surface area (Å²) in [7, 11) is -3.77. The van der Waals surface area contributed by atoms with Gasteiger partial charge in [-0.25, -0.2) is 8.42 Å². The van der Waals surface area contributed by atoms with Crippen LogP contribution in [-0.4, -0.2) is 21.8 Å². The van der Waals surface area contributed by atoms with Gasteiger partial charge in [-0.2, -0.15) is 0 Å². The van der Waals surface area contributed by atoms with E-state index in [-0.39, 0.29) is 13.4 Å². The van der Waals surface area contributed by atoms with E-state index in [1.54, 1.807) is 22.7 Å². The summed E-state index contributed by atoms with van der Waals surface area (Å²) in [6, 6.07) is 18.2. The van der Waals surface area contributed by atoms with Gasteiger partial charge >= 0.3 is 0 Å². The van der Waals surface area contributed by atoms with Crippen LogP contribution in [0, 0.1) is 96.9 Å². The third-order valence-corrected chi connectivity index (χ3v) is 16.9. The SMILES string of the molecule is Cc1cc(C)c(B(c2sc3c(c2C)S(=O)(=O)c2c-3sc(B(c3c(C)cc(C)cc3C)c3c(C)cc(C)cc3C)c2C)c2c(C)cc(C)cc2C)c(C)c1. The zero-order valence-electron chi connectivity index (χ0n) is 33.8. The summed E-state index contributed by atoms with van der Waals surface area (Å²) < 4.78 is 32.4. The molecule has 7 rings (SSSR count). The molecule has 0 amide bonds. The Balaban J connectivity index is 1.53. The van der Waals surface area contributed by atoms with Crippen molar-refractivity contribution in [3.8, 4) is 9.75 Å². The lowest BCUT2D eigenvalue weighted by Gasteiger charge is -2.24. The van der Waals surface area contributed by atoms with E-state index in [1.807, 2.05) is 0 Å². The number of sulfone groups is 1. The number of hydrogen-bond donors (Lipinski definition) is 0. The van der Waals surface area contributed by atoms with Gasteiger partial charge in [0, 0.05) is 0 Å². The number of rotatable bonds is 6. The molecule has 0 atom stereocenters. The van der Waals surface area contributed by atoms with E-state index in [2.05, 4.69) is 145 Å². The minimum atomic E-state index is -3.77. The Hall–Kier alpha value is -3.64. The summed E-state index contributed by atoms with van der Waals surface area (Å²) in [6.07, 6.45) is 0. The fourth-order valence-electron chi connectivity index (χ4n) is 10.0. The molecule has 53 heavy (non-hydrogen) atoms. The number of thiophene rings is 2. The first-order chi connectivity index (χ1) is 24.8. The first-order valence-electron chi connectivity index (χ1n) is 18.7. The van der Waals surface area contributed by atoms with Crippen LogP contribution in [0.25, 0.3) is 9.75 Å². The fraction of sp³-hybridized carbons (Fsp3) is 0.304. The monoisotopic (exact) mass is 752 g/mol. The highest BCUT2D eigenvalue weighted by molar-refractivity contribution is 7.93. The average molecular weight is 753 g/mol. The van der Waals surface area contributed by atoms with Gasteiger partial charge in [0.05, 0.1) is 19.5 Å². The van der Waals surface area contributed by atoms with Gasteiger partial charge in [-0.05, 0) is 118 Å². The molecule has 1 aliphatic rings. The van der Waals surface area contributed by atoms with Crippen LogP contribution in [0.1, 0.15) is 77.9 Å². The van der Waals surface area contributed by atoms with Crippen LogP contribution in [-0.2, 0) is 9.84 Å². The van der Waals surface area contributed by atoms with Gasteiger partial charge in [-0.1, -0.05) is 137 Å². The molecule has 7 heteroatoms. The van der Waals surface area contributed by atoms with Gasteiger partial charge in [-0.3, -0.25) is 0 Å². The Kier molecular flexibility index (Phi) is 9.44. The van der Waals surface area contributed by atoms with Crippen molar-refractivity contribution in [1.29, 1.82) is 0 Å². The standard InChI is InChI=1S/C46H50B2O2S3/c1-23-15-27(5)37(28(6)16-23)47(38-29(7)17-24(2)18-30(38)8)45-35(13)43-41(51-45)42-44(53(43,49)50)36(14)46(52-42)48(39-31(9)19-25(3)20-32(39)10)40-33(11)21-26(4)22-34(40)12/h15-22H,1-14H3. The predicted molar refractivity (Wildman–Crippen MR) is 234 cm³/mol. The molecule has 0 bridgehead atoms. The second-order valence-corrected chi connectivity index (χ2v) is 20.0. The van der Waals surface area contributed by atoms with Crippen molar-refractivity contribution in [3.05, 3.63) is 126 Å². The molecule has 6 aromatic rings. The second-order valence-electron chi connectivity index (χ2n) is 16.1. The largest absolute Gasteiger partial charge is 0.255 e. The predicted octanol–water partition coefficient (Wildman–Crippen LogP) is 7.97. The van der Waals surface area contributed by atoms with E-state index in [1.165, 1.54) is 88.6 Å². The Morgan fingerprint density at radius 2 is 0.585 bits per heavy atom. The summed E-state index contributed by atoms with van der Waals surface area (Å²) in [5.74, 6) is 0. The van der Waals surface area contributed by atoms with Crippen molar-refractivity contribution < 1.29 is 8.42 Å². The lowest BCUT2D eigenvalue weighted by Crippen LogP contribution is -2.55. The molecule has 0 saturated heterocycles. The van der Waals surface area contributed by atoms with Crippen molar-refractivity contribution in [1.82, 2.24) is 0 Å². The van der Waals surface area contributed by atoms with Gasteiger partial charge in [0.1, 0.15) is 0 Å². The molecule has 0 radical (unpaired) electrons. The molecule has 2 aromatic heterocycles. The summed E-state index contributed by atoms with van der Waals surface area (Å²) in [6.45, 7) is 30.3. The Morgan fingerprint density at radius 1 is 0.377 bits per heavy atom. The normalized spacial score (nSPS) is 13.0. The highest BCUT2D eigenvalue weighted by Gasteiger charge is 2.45. The van der Waals surface area contributed by atoms with Crippen LogP contribution >= 0.6 is 22.7 Å². The van der Waals surface area contributed by atoms with Gasteiger partial charge < -0.3 is 0 Å². The summed E-state index contributed by atoms with van der Waals surface area (Å²) in [5.41, 5.74) is 21.8. The van der Waals surface area contributed by atoms with E-state index in [9.17, 15) is 0 Å². The zero-order valence-corrected chi connectivity index (χ0v) is 36.3.